The van der Waals surface area contributed by atoms with Crippen LogP contribution in [0.15, 0.2) is 67.0 Å². The van der Waals surface area contributed by atoms with E-state index in [2.05, 4.69) is 26.3 Å². The number of Topliss-reactive ketones (excluding diaryl/α,β-unsaturated/α-hetero) is 1. The zero-order chi connectivity index (χ0) is 27.8. The third kappa shape index (κ3) is 4.49. The van der Waals surface area contributed by atoms with Gasteiger partial charge in [0.05, 0.1) is 24.1 Å². The molecule has 40 heavy (non-hydrogen) atoms. The molecule has 0 radical (unpaired) electrons. The molecular weight excluding hydrogens is 513 g/mol. The summed E-state index contributed by atoms with van der Waals surface area (Å²) in [6.45, 7) is 2.35. The number of amides is 1. The van der Waals surface area contributed by atoms with Crippen LogP contribution in [0.5, 0.6) is 5.75 Å². The van der Waals surface area contributed by atoms with E-state index < -0.39 is 17.5 Å². The van der Waals surface area contributed by atoms with Gasteiger partial charge in [0, 0.05) is 44.0 Å². The fourth-order valence-electron chi connectivity index (χ4n) is 5.21. The summed E-state index contributed by atoms with van der Waals surface area (Å²) in [7, 11) is 1.59. The van der Waals surface area contributed by atoms with Gasteiger partial charge in [-0.05, 0) is 23.8 Å². The molecule has 1 atom stereocenters. The van der Waals surface area contributed by atoms with Crippen molar-refractivity contribution < 1.29 is 18.7 Å². The third-order valence-corrected chi connectivity index (χ3v) is 7.18. The van der Waals surface area contributed by atoms with Crippen LogP contribution in [0.3, 0.4) is 0 Å². The second-order valence-corrected chi connectivity index (χ2v) is 9.60. The van der Waals surface area contributed by atoms with E-state index in [1.807, 2.05) is 41.3 Å². The number of carbonyl (C=O) groups excluding carboxylic acids is 2. The van der Waals surface area contributed by atoms with Crippen LogP contribution in [0.2, 0.25) is 0 Å². The van der Waals surface area contributed by atoms with Crippen molar-refractivity contribution in [1.82, 2.24) is 14.5 Å². The molecule has 6 rings (SSSR count). The van der Waals surface area contributed by atoms with Gasteiger partial charge in [0.2, 0.25) is 5.95 Å². The molecule has 2 aliphatic heterocycles. The van der Waals surface area contributed by atoms with E-state index in [4.69, 9.17) is 4.74 Å². The maximum absolute atomic E-state index is 13.3. The molecule has 0 spiro atoms. The highest BCUT2D eigenvalue weighted by Crippen LogP contribution is 2.38. The Morgan fingerprint density at radius 1 is 1.10 bits per heavy atom. The molecule has 1 fully saturated rings. The Hall–Kier alpha value is -5.24. The molecule has 1 amide bonds. The van der Waals surface area contributed by atoms with E-state index in [0.717, 1.165) is 23.6 Å². The topological polar surface area (TPSA) is 116 Å². The Morgan fingerprint density at radius 3 is 2.62 bits per heavy atom. The molecule has 0 bridgehead atoms. The van der Waals surface area contributed by atoms with Gasteiger partial charge in [-0.2, -0.15) is 5.26 Å². The average Bonchev–Trinajstić information content (AvgIpc) is 3.33. The van der Waals surface area contributed by atoms with Crippen LogP contribution < -0.4 is 19.9 Å². The first kappa shape index (κ1) is 25.1. The number of nitriles is 1. The molecule has 0 saturated carbocycles. The lowest BCUT2D eigenvalue weighted by Crippen LogP contribution is -2.57. The highest BCUT2D eigenvalue weighted by molar-refractivity contribution is 6.47. The molecule has 200 valence electrons. The van der Waals surface area contributed by atoms with Crippen molar-refractivity contribution in [3.05, 3.63) is 84.2 Å². The molecule has 0 unspecified atom stereocenters. The fourth-order valence-corrected chi connectivity index (χ4v) is 5.21. The zero-order valence-electron chi connectivity index (χ0n) is 21.5. The van der Waals surface area contributed by atoms with Gasteiger partial charge in [0.15, 0.2) is 5.82 Å². The second-order valence-electron chi connectivity index (χ2n) is 9.60. The van der Waals surface area contributed by atoms with Crippen molar-refractivity contribution in [3.63, 3.8) is 0 Å². The predicted molar refractivity (Wildman–Crippen MR) is 146 cm³/mol. The average molecular weight is 538 g/mol. The van der Waals surface area contributed by atoms with Crippen LogP contribution >= 0.6 is 0 Å². The number of anilines is 3. The van der Waals surface area contributed by atoms with E-state index in [1.165, 1.54) is 4.57 Å². The Labute approximate surface area is 229 Å². The summed E-state index contributed by atoms with van der Waals surface area (Å²) in [5.41, 5.74) is 2.97. The summed E-state index contributed by atoms with van der Waals surface area (Å²) in [6.07, 6.45) is 2.31. The Kier molecular flexibility index (Phi) is 6.36. The van der Waals surface area contributed by atoms with Crippen LogP contribution in [0.25, 0.3) is 11.1 Å². The highest BCUT2D eigenvalue weighted by atomic mass is 19.1. The standard InChI is InChI=1S/C29H24FN7O3/c1-35-21(13-31)12-23(18-5-3-2-4-6-18)26(35)27(38)28(39)34-20-7-8-24-25(11-20)40-17-22-16-36(9-10-37(22)24)29-32-14-19(30)15-33-29/h2-8,11-12,14-15,22H,9-10,16-17H2,1H3,(H,34,39)/t22-/m0/s1. The monoisotopic (exact) mass is 537 g/mol. The molecule has 2 aromatic carbocycles. The molecule has 0 aliphatic carbocycles. The number of hydrogen-bond acceptors (Lipinski definition) is 8. The number of benzene rings is 2. The van der Waals surface area contributed by atoms with Crippen LogP contribution in [-0.2, 0) is 11.8 Å². The number of hydrogen-bond donors (Lipinski definition) is 1. The Bertz CT molecular complexity index is 1650. The molecule has 1 N–H and O–H groups in total. The van der Waals surface area contributed by atoms with Crippen LogP contribution in [0.4, 0.5) is 21.7 Å². The first-order chi connectivity index (χ1) is 19.4. The second kappa shape index (κ2) is 10.1. The number of carbonyl (C=O) groups is 2. The van der Waals surface area contributed by atoms with E-state index in [-0.39, 0.29) is 17.4 Å². The van der Waals surface area contributed by atoms with Crippen LogP contribution in [-0.4, -0.2) is 58.5 Å². The SMILES string of the molecule is Cn1c(C#N)cc(-c2ccccc2)c1C(=O)C(=O)Nc1ccc2c(c1)OC[C@@H]1CN(c3ncc(F)cn3)CCN21. The van der Waals surface area contributed by atoms with Crippen molar-refractivity contribution in [1.29, 1.82) is 5.26 Å². The minimum Gasteiger partial charge on any atom is -0.489 e. The van der Waals surface area contributed by atoms with Gasteiger partial charge in [-0.25, -0.2) is 14.4 Å². The predicted octanol–water partition coefficient (Wildman–Crippen LogP) is 3.40. The minimum absolute atomic E-state index is 0.0417. The van der Waals surface area contributed by atoms with Gasteiger partial charge >= 0.3 is 0 Å². The smallest absolute Gasteiger partial charge is 0.298 e. The quantitative estimate of drug-likeness (QED) is 0.304. The fraction of sp³-hybridized carbons (Fsp3) is 0.207. The number of rotatable bonds is 5. The van der Waals surface area contributed by atoms with Crippen molar-refractivity contribution in [2.75, 3.05) is 41.4 Å². The van der Waals surface area contributed by atoms with Gasteiger partial charge < -0.3 is 24.4 Å². The van der Waals surface area contributed by atoms with Gasteiger partial charge in [-0.1, -0.05) is 30.3 Å². The van der Waals surface area contributed by atoms with Crippen molar-refractivity contribution in [2.45, 2.75) is 6.04 Å². The summed E-state index contributed by atoms with van der Waals surface area (Å²) in [5.74, 6) is -0.965. The number of ketones is 1. The largest absolute Gasteiger partial charge is 0.489 e. The molecule has 2 aliphatic rings. The van der Waals surface area contributed by atoms with E-state index in [9.17, 15) is 19.2 Å². The first-order valence-corrected chi connectivity index (χ1v) is 12.7. The maximum Gasteiger partial charge on any atom is 0.298 e. The lowest BCUT2D eigenvalue weighted by atomic mass is 10.0. The van der Waals surface area contributed by atoms with Crippen molar-refractivity contribution in [3.8, 4) is 22.9 Å². The molecule has 2 aromatic heterocycles. The number of fused-ring (bicyclic) bond motifs is 3. The van der Waals surface area contributed by atoms with E-state index in [1.54, 1.807) is 25.2 Å². The van der Waals surface area contributed by atoms with E-state index in [0.29, 0.717) is 49.2 Å². The number of ether oxygens (including phenoxy) is 1. The molecule has 4 heterocycles. The summed E-state index contributed by atoms with van der Waals surface area (Å²) in [6, 6.07) is 18.2. The number of nitrogens with one attached hydrogen (secondary N) is 1. The molecule has 1 saturated heterocycles. The number of nitrogens with zero attached hydrogens (tertiary/aromatic N) is 6. The van der Waals surface area contributed by atoms with Gasteiger partial charge in [-0.15, -0.1) is 0 Å². The Morgan fingerprint density at radius 2 is 1.88 bits per heavy atom. The Balaban J connectivity index is 1.19. The molecule has 11 heteroatoms. The normalized spacial score (nSPS) is 15.9. The summed E-state index contributed by atoms with van der Waals surface area (Å²) >= 11 is 0. The number of aromatic nitrogens is 3. The summed E-state index contributed by atoms with van der Waals surface area (Å²) < 4.78 is 20.7. The van der Waals surface area contributed by atoms with Crippen LogP contribution in [0, 0.1) is 17.1 Å². The maximum atomic E-state index is 13.3. The van der Waals surface area contributed by atoms with E-state index >= 15 is 0 Å². The van der Waals surface area contributed by atoms with Crippen molar-refractivity contribution >= 4 is 29.0 Å². The highest BCUT2D eigenvalue weighted by Gasteiger charge is 2.34. The first-order valence-electron chi connectivity index (χ1n) is 12.7. The van der Waals surface area contributed by atoms with Gasteiger partial charge in [0.1, 0.15) is 29.8 Å². The van der Waals surface area contributed by atoms with Gasteiger partial charge in [-0.3, -0.25) is 9.59 Å². The number of piperazine rings is 1. The van der Waals surface area contributed by atoms with Crippen LogP contribution in [0.1, 0.15) is 16.2 Å². The van der Waals surface area contributed by atoms with Crippen molar-refractivity contribution in [2.24, 2.45) is 7.05 Å². The molecule has 4 aromatic rings. The number of halogens is 1. The minimum atomic E-state index is -0.815. The zero-order valence-corrected chi connectivity index (χ0v) is 21.5. The molecular formula is C29H24FN7O3. The van der Waals surface area contributed by atoms with Gasteiger partial charge in [0.25, 0.3) is 11.7 Å². The summed E-state index contributed by atoms with van der Waals surface area (Å²) in [4.78, 5) is 38.8. The summed E-state index contributed by atoms with van der Waals surface area (Å²) in [5, 5.41) is 12.2. The third-order valence-electron chi connectivity index (χ3n) is 7.18. The lowest BCUT2D eigenvalue weighted by molar-refractivity contribution is -0.112. The molecule has 10 nitrogen and oxygen atoms in total. The lowest BCUT2D eigenvalue weighted by Gasteiger charge is -2.45.